The van der Waals surface area contributed by atoms with Gasteiger partial charge < -0.3 is 19.0 Å². The smallest absolute Gasteiger partial charge is 0.290 e. The third-order valence-corrected chi connectivity index (χ3v) is 6.86. The van der Waals surface area contributed by atoms with Crippen molar-refractivity contribution in [3.63, 3.8) is 0 Å². The van der Waals surface area contributed by atoms with E-state index in [1.165, 1.54) is 0 Å². The molecule has 6 nitrogen and oxygen atoms in total. The number of aryl methyl sites for hydroxylation is 1. The van der Waals surface area contributed by atoms with Crippen molar-refractivity contribution in [3.05, 3.63) is 75.1 Å². The molecule has 3 aromatic rings. The molecule has 0 aliphatic carbocycles. The summed E-state index contributed by atoms with van der Waals surface area (Å²) in [6.07, 6.45) is 3.25. The van der Waals surface area contributed by atoms with Gasteiger partial charge in [0.15, 0.2) is 5.43 Å². The van der Waals surface area contributed by atoms with Crippen molar-refractivity contribution in [3.8, 4) is 5.75 Å². The van der Waals surface area contributed by atoms with E-state index < -0.39 is 6.04 Å². The number of benzene rings is 2. The van der Waals surface area contributed by atoms with Crippen molar-refractivity contribution in [2.75, 3.05) is 32.8 Å². The highest BCUT2D eigenvalue weighted by molar-refractivity contribution is 5.99. The molecule has 0 bridgehead atoms. The summed E-state index contributed by atoms with van der Waals surface area (Å²) in [7, 11) is 0. The molecule has 0 fully saturated rings. The quantitative estimate of drug-likeness (QED) is 0.339. The van der Waals surface area contributed by atoms with Crippen molar-refractivity contribution < 1.29 is 13.9 Å². The number of rotatable bonds is 11. The Morgan fingerprint density at radius 1 is 1.03 bits per heavy atom. The summed E-state index contributed by atoms with van der Waals surface area (Å²) in [5.74, 6) is 0.681. The Balaban J connectivity index is 1.78. The standard InChI is InChI=1S/C29H36N2O4/c1-5-8-9-17-34-22-12-10-11-21(19-22)26-25-27(32)23-18-20(4)13-14-24(23)35-28(25)29(33)31(26)16-15-30(6-2)7-3/h10-14,18-19,26H,5-9,15-17H2,1-4H3. The number of carbonyl (C=O) groups excluding carboxylic acids is 1. The number of fused-ring (bicyclic) bond motifs is 2. The first-order valence-corrected chi connectivity index (χ1v) is 12.8. The normalized spacial score (nSPS) is 15.3. The van der Waals surface area contributed by atoms with Crippen molar-refractivity contribution in [2.24, 2.45) is 0 Å². The Labute approximate surface area is 207 Å². The van der Waals surface area contributed by atoms with Crippen LogP contribution in [-0.4, -0.2) is 48.5 Å². The van der Waals surface area contributed by atoms with Crippen LogP contribution in [0.1, 0.15) is 73.3 Å². The summed E-state index contributed by atoms with van der Waals surface area (Å²) < 4.78 is 12.1. The molecule has 1 atom stereocenters. The molecule has 0 radical (unpaired) electrons. The fraction of sp³-hybridized carbons (Fsp3) is 0.448. The molecule has 0 saturated carbocycles. The third-order valence-electron chi connectivity index (χ3n) is 6.86. The van der Waals surface area contributed by atoms with Crippen LogP contribution in [0, 0.1) is 6.92 Å². The predicted molar refractivity (Wildman–Crippen MR) is 139 cm³/mol. The number of likely N-dealkylation sites (N-methyl/N-ethyl adjacent to an activating group) is 1. The highest BCUT2D eigenvalue weighted by Gasteiger charge is 2.42. The zero-order chi connectivity index (χ0) is 24.9. The van der Waals surface area contributed by atoms with Crippen molar-refractivity contribution in [1.82, 2.24) is 9.80 Å². The molecule has 2 heterocycles. The lowest BCUT2D eigenvalue weighted by Crippen LogP contribution is -2.37. The molecule has 4 rings (SSSR count). The molecular weight excluding hydrogens is 440 g/mol. The molecule has 1 aromatic heterocycles. The van der Waals surface area contributed by atoms with E-state index in [0.29, 0.717) is 29.7 Å². The summed E-state index contributed by atoms with van der Waals surface area (Å²) >= 11 is 0. The lowest BCUT2D eigenvalue weighted by atomic mass is 9.98. The fourth-order valence-corrected chi connectivity index (χ4v) is 4.82. The fourth-order valence-electron chi connectivity index (χ4n) is 4.82. The van der Waals surface area contributed by atoms with Crippen molar-refractivity contribution >= 4 is 16.9 Å². The van der Waals surface area contributed by atoms with E-state index >= 15 is 0 Å². The highest BCUT2D eigenvalue weighted by atomic mass is 16.5. The van der Waals surface area contributed by atoms with Crippen LogP contribution >= 0.6 is 0 Å². The highest BCUT2D eigenvalue weighted by Crippen LogP contribution is 2.39. The van der Waals surface area contributed by atoms with Crippen LogP contribution in [0.2, 0.25) is 0 Å². The van der Waals surface area contributed by atoms with Gasteiger partial charge in [-0.2, -0.15) is 0 Å². The minimum absolute atomic E-state index is 0.136. The lowest BCUT2D eigenvalue weighted by Gasteiger charge is -2.28. The zero-order valence-corrected chi connectivity index (χ0v) is 21.3. The molecule has 6 heteroatoms. The van der Waals surface area contributed by atoms with Gasteiger partial charge in [0, 0.05) is 13.1 Å². The zero-order valence-electron chi connectivity index (χ0n) is 21.3. The number of amides is 1. The summed E-state index contributed by atoms with van der Waals surface area (Å²) in [4.78, 5) is 31.4. The summed E-state index contributed by atoms with van der Waals surface area (Å²) in [5, 5.41) is 0.513. The Bertz CT molecular complexity index is 1250. The number of hydrogen-bond acceptors (Lipinski definition) is 5. The van der Waals surface area contributed by atoms with E-state index in [1.54, 1.807) is 11.0 Å². The first-order valence-electron chi connectivity index (χ1n) is 12.8. The number of nitrogens with zero attached hydrogens (tertiary/aromatic N) is 2. The van der Waals surface area contributed by atoms with Crippen LogP contribution in [0.4, 0.5) is 0 Å². The molecule has 0 spiro atoms. The molecular formula is C29H36N2O4. The Morgan fingerprint density at radius 3 is 2.57 bits per heavy atom. The van der Waals surface area contributed by atoms with Crippen LogP contribution in [0.25, 0.3) is 11.0 Å². The van der Waals surface area contributed by atoms with Crippen LogP contribution in [-0.2, 0) is 0 Å². The second-order valence-electron chi connectivity index (χ2n) is 9.23. The number of unbranched alkanes of at least 4 members (excludes halogenated alkanes) is 2. The number of carbonyl (C=O) groups is 1. The molecule has 1 unspecified atom stereocenters. The second kappa shape index (κ2) is 11.1. The predicted octanol–water partition coefficient (Wildman–Crippen LogP) is 5.56. The maximum atomic E-state index is 13.7. The monoisotopic (exact) mass is 476 g/mol. The molecule has 186 valence electrons. The van der Waals surface area contributed by atoms with Gasteiger partial charge in [-0.25, -0.2) is 0 Å². The van der Waals surface area contributed by atoms with Crippen LogP contribution in [0.3, 0.4) is 0 Å². The number of ether oxygens (including phenoxy) is 1. The Kier molecular flexibility index (Phi) is 7.91. The van der Waals surface area contributed by atoms with Crippen molar-refractivity contribution in [2.45, 2.75) is 53.0 Å². The van der Waals surface area contributed by atoms with Gasteiger partial charge in [0.2, 0.25) is 5.76 Å². The molecule has 0 saturated heterocycles. The van der Waals surface area contributed by atoms with Crippen LogP contribution in [0.5, 0.6) is 5.75 Å². The maximum Gasteiger partial charge on any atom is 0.290 e. The first kappa shape index (κ1) is 25.0. The van der Waals surface area contributed by atoms with Gasteiger partial charge in [0.05, 0.1) is 23.6 Å². The molecule has 1 aliphatic rings. The summed E-state index contributed by atoms with van der Waals surface area (Å²) in [6.45, 7) is 12.0. The van der Waals surface area contributed by atoms with E-state index in [4.69, 9.17) is 9.15 Å². The van der Waals surface area contributed by atoms with Gasteiger partial charge >= 0.3 is 0 Å². The molecule has 2 aromatic carbocycles. The average Bonchev–Trinajstić information content (AvgIpc) is 3.15. The van der Waals surface area contributed by atoms with E-state index in [0.717, 1.165) is 55.8 Å². The average molecular weight is 477 g/mol. The van der Waals surface area contributed by atoms with Crippen LogP contribution in [0.15, 0.2) is 51.7 Å². The summed E-state index contributed by atoms with van der Waals surface area (Å²) in [6, 6.07) is 12.8. The van der Waals surface area contributed by atoms with E-state index in [1.807, 2.05) is 43.3 Å². The van der Waals surface area contributed by atoms with E-state index in [2.05, 4.69) is 25.7 Å². The molecule has 1 amide bonds. The minimum Gasteiger partial charge on any atom is -0.494 e. The Hall–Kier alpha value is -3.12. The largest absolute Gasteiger partial charge is 0.494 e. The number of hydrogen-bond donors (Lipinski definition) is 0. The van der Waals surface area contributed by atoms with E-state index in [-0.39, 0.29) is 17.1 Å². The minimum atomic E-state index is -0.506. The third kappa shape index (κ3) is 5.13. The van der Waals surface area contributed by atoms with Gasteiger partial charge in [0.1, 0.15) is 11.3 Å². The topological polar surface area (TPSA) is 63.0 Å². The Morgan fingerprint density at radius 2 is 1.83 bits per heavy atom. The van der Waals surface area contributed by atoms with Gasteiger partial charge in [-0.15, -0.1) is 0 Å². The molecule has 0 N–H and O–H groups in total. The first-order chi connectivity index (χ1) is 17.0. The van der Waals surface area contributed by atoms with E-state index in [9.17, 15) is 9.59 Å². The second-order valence-corrected chi connectivity index (χ2v) is 9.23. The SMILES string of the molecule is CCCCCOc1cccc(C2c3c(oc4ccc(C)cc4c3=O)C(=O)N2CCN(CC)CC)c1. The molecule has 35 heavy (non-hydrogen) atoms. The van der Waals surface area contributed by atoms with Gasteiger partial charge in [-0.1, -0.05) is 57.4 Å². The van der Waals surface area contributed by atoms with Crippen LogP contribution < -0.4 is 10.2 Å². The van der Waals surface area contributed by atoms with Gasteiger partial charge in [-0.05, 0) is 56.3 Å². The van der Waals surface area contributed by atoms with Gasteiger partial charge in [-0.3, -0.25) is 9.59 Å². The van der Waals surface area contributed by atoms with Gasteiger partial charge in [0.25, 0.3) is 5.91 Å². The lowest BCUT2D eigenvalue weighted by molar-refractivity contribution is 0.0708. The van der Waals surface area contributed by atoms with Crippen molar-refractivity contribution in [1.29, 1.82) is 0 Å². The summed E-state index contributed by atoms with van der Waals surface area (Å²) in [5.41, 5.74) is 2.58. The maximum absolute atomic E-state index is 13.7. The molecule has 1 aliphatic heterocycles.